The number of aliphatic hydroxyl groups is 1. The molecule has 1 aromatic heterocycles. The van der Waals surface area contributed by atoms with Gasteiger partial charge in [-0.2, -0.15) is 4.98 Å². The minimum atomic E-state index is -0.531. The van der Waals surface area contributed by atoms with E-state index in [0.717, 1.165) is 0 Å². The summed E-state index contributed by atoms with van der Waals surface area (Å²) >= 11 is 0. The van der Waals surface area contributed by atoms with Crippen LogP contribution in [0.2, 0.25) is 0 Å². The summed E-state index contributed by atoms with van der Waals surface area (Å²) in [5.74, 6) is 0.0129. The molecule has 2 rings (SSSR count). The van der Waals surface area contributed by atoms with Gasteiger partial charge >= 0.3 is 5.69 Å². The largest absolute Gasteiger partial charge is 0.394 e. The van der Waals surface area contributed by atoms with Crippen LogP contribution in [-0.4, -0.2) is 33.9 Å². The summed E-state index contributed by atoms with van der Waals surface area (Å²) in [6.07, 6.45) is 0.978. The molecule has 9 nitrogen and oxygen atoms in total. The first-order chi connectivity index (χ1) is 9.15. The van der Waals surface area contributed by atoms with Crippen molar-refractivity contribution in [3.05, 3.63) is 33.2 Å². The number of nitrogens with two attached hydrogens (primary N) is 1. The van der Waals surface area contributed by atoms with Gasteiger partial charge in [-0.3, -0.25) is 4.57 Å². The lowest BCUT2D eigenvalue weighted by atomic mass is 10.0. The highest BCUT2D eigenvalue weighted by Crippen LogP contribution is 2.32. The molecule has 1 saturated heterocycles. The average Bonchev–Trinajstić information content (AvgIpc) is 2.79. The molecule has 102 valence electrons. The smallest absolute Gasteiger partial charge is 0.351 e. The number of aromatic nitrogens is 2. The number of nitrogen functional groups attached to an aromatic ring is 1. The number of aliphatic hydroxyl groups excluding tert-OH is 1. The summed E-state index contributed by atoms with van der Waals surface area (Å²) in [5, 5.41) is 12.7. The van der Waals surface area contributed by atoms with E-state index in [9.17, 15) is 9.90 Å². The molecule has 0 saturated carbocycles. The Morgan fingerprint density at radius 3 is 3.16 bits per heavy atom. The predicted octanol–water partition coefficient (Wildman–Crippen LogP) is 0.0318. The lowest BCUT2D eigenvalue weighted by molar-refractivity contribution is -0.0318. The van der Waals surface area contributed by atoms with Crippen molar-refractivity contribution in [1.29, 1.82) is 0 Å². The van der Waals surface area contributed by atoms with Crippen molar-refractivity contribution in [3.63, 3.8) is 0 Å². The van der Waals surface area contributed by atoms with Crippen molar-refractivity contribution < 1.29 is 9.84 Å². The van der Waals surface area contributed by atoms with Crippen LogP contribution in [0.3, 0.4) is 0 Å². The van der Waals surface area contributed by atoms with Gasteiger partial charge in [-0.1, -0.05) is 5.11 Å². The Morgan fingerprint density at radius 1 is 1.74 bits per heavy atom. The molecule has 0 unspecified atom stereocenters. The van der Waals surface area contributed by atoms with E-state index in [1.807, 2.05) is 0 Å². The van der Waals surface area contributed by atoms with E-state index in [-0.39, 0.29) is 24.9 Å². The van der Waals surface area contributed by atoms with Gasteiger partial charge in [0.25, 0.3) is 0 Å². The van der Waals surface area contributed by atoms with Crippen LogP contribution < -0.4 is 11.4 Å². The van der Waals surface area contributed by atoms with E-state index in [0.29, 0.717) is 6.42 Å². The number of azide groups is 1. The molecule has 0 spiro atoms. The monoisotopic (exact) mass is 266 g/mol. The van der Waals surface area contributed by atoms with Crippen molar-refractivity contribution in [3.8, 4) is 0 Å². The zero-order valence-electron chi connectivity index (χ0n) is 10.1. The highest BCUT2D eigenvalue weighted by Gasteiger charge is 2.35. The van der Waals surface area contributed by atoms with Gasteiger partial charge in [0.05, 0.1) is 12.7 Å². The van der Waals surface area contributed by atoms with Gasteiger partial charge in [-0.05, 0) is 23.9 Å². The zero-order valence-corrected chi connectivity index (χ0v) is 10.1. The van der Waals surface area contributed by atoms with Crippen molar-refractivity contribution in [2.45, 2.75) is 18.8 Å². The first-order valence-corrected chi connectivity index (χ1v) is 5.77. The Labute approximate surface area is 108 Å². The van der Waals surface area contributed by atoms with E-state index < -0.39 is 18.0 Å². The summed E-state index contributed by atoms with van der Waals surface area (Å²) in [7, 11) is 0. The molecule has 0 amide bonds. The lowest BCUT2D eigenvalue weighted by Gasteiger charge is -2.14. The molecule has 0 bridgehead atoms. The van der Waals surface area contributed by atoms with Crippen LogP contribution in [0, 0.1) is 5.92 Å². The lowest BCUT2D eigenvalue weighted by Crippen LogP contribution is -2.27. The fourth-order valence-corrected chi connectivity index (χ4v) is 2.13. The van der Waals surface area contributed by atoms with Crippen LogP contribution in [0.25, 0.3) is 10.4 Å². The van der Waals surface area contributed by atoms with Crippen molar-refractivity contribution in [1.82, 2.24) is 9.55 Å². The van der Waals surface area contributed by atoms with E-state index >= 15 is 0 Å². The highest BCUT2D eigenvalue weighted by atomic mass is 16.5. The highest BCUT2D eigenvalue weighted by molar-refractivity contribution is 5.23. The Hall–Kier alpha value is -2.09. The standard InChI is InChI=1S/C10H14N6O3/c11-8-1-2-16(10(18)14-8)9-3-6(4-13-15-12)7(5-17)19-9/h1-2,6-7,9,17H,3-5H2,(H2,11,14,18)/t6-,7-,9-/m1/s1. The van der Waals surface area contributed by atoms with E-state index in [4.69, 9.17) is 16.0 Å². The summed E-state index contributed by atoms with van der Waals surface area (Å²) < 4.78 is 6.89. The summed E-state index contributed by atoms with van der Waals surface area (Å²) in [6, 6.07) is 1.50. The van der Waals surface area contributed by atoms with Gasteiger partial charge in [0.15, 0.2) is 0 Å². The first-order valence-electron chi connectivity index (χ1n) is 5.77. The summed E-state index contributed by atoms with van der Waals surface area (Å²) in [6.45, 7) is 0.0225. The summed E-state index contributed by atoms with van der Waals surface area (Å²) in [4.78, 5) is 18.0. The minimum Gasteiger partial charge on any atom is -0.394 e. The van der Waals surface area contributed by atoms with Crippen molar-refractivity contribution >= 4 is 5.82 Å². The molecule has 0 aromatic carbocycles. The molecule has 1 aliphatic heterocycles. The second-order valence-corrected chi connectivity index (χ2v) is 4.26. The average molecular weight is 266 g/mol. The third-order valence-electron chi connectivity index (χ3n) is 3.08. The SMILES string of the molecule is [N-]=[N+]=NC[C@H]1C[C@H](n2ccc(N)nc2=O)O[C@@H]1CO. The van der Waals surface area contributed by atoms with Crippen LogP contribution in [0.15, 0.2) is 22.2 Å². The number of ether oxygens (including phenoxy) is 1. The van der Waals surface area contributed by atoms with E-state index in [2.05, 4.69) is 15.0 Å². The van der Waals surface area contributed by atoms with Crippen LogP contribution in [0.1, 0.15) is 12.6 Å². The molecule has 0 aliphatic carbocycles. The maximum atomic E-state index is 11.7. The quantitative estimate of drug-likeness (QED) is 0.449. The van der Waals surface area contributed by atoms with Gasteiger partial charge in [-0.25, -0.2) is 4.79 Å². The van der Waals surface area contributed by atoms with Crippen molar-refractivity contribution in [2.75, 3.05) is 18.9 Å². The maximum Gasteiger partial charge on any atom is 0.351 e. The first kappa shape index (κ1) is 13.3. The van der Waals surface area contributed by atoms with Crippen LogP contribution in [0.4, 0.5) is 5.82 Å². The molecular formula is C10H14N6O3. The van der Waals surface area contributed by atoms with E-state index in [1.165, 1.54) is 16.8 Å². The number of hydrogen-bond acceptors (Lipinski definition) is 6. The third kappa shape index (κ3) is 2.84. The Bertz CT molecular complexity index is 552. The number of hydrogen-bond donors (Lipinski definition) is 2. The third-order valence-corrected chi connectivity index (χ3v) is 3.08. The fraction of sp³-hybridized carbons (Fsp3) is 0.600. The van der Waals surface area contributed by atoms with Crippen LogP contribution in [0.5, 0.6) is 0 Å². The van der Waals surface area contributed by atoms with Crippen LogP contribution >= 0.6 is 0 Å². The second-order valence-electron chi connectivity index (χ2n) is 4.26. The van der Waals surface area contributed by atoms with Crippen LogP contribution in [-0.2, 0) is 4.74 Å². The second kappa shape index (κ2) is 5.70. The number of anilines is 1. The fourth-order valence-electron chi connectivity index (χ4n) is 2.13. The van der Waals surface area contributed by atoms with Gasteiger partial charge in [-0.15, -0.1) is 0 Å². The van der Waals surface area contributed by atoms with E-state index in [1.54, 1.807) is 0 Å². The molecule has 9 heteroatoms. The van der Waals surface area contributed by atoms with Gasteiger partial charge in [0.1, 0.15) is 12.0 Å². The molecule has 0 radical (unpaired) electrons. The Morgan fingerprint density at radius 2 is 2.53 bits per heavy atom. The molecule has 2 heterocycles. The Balaban J connectivity index is 2.18. The molecule has 1 aliphatic rings. The predicted molar refractivity (Wildman–Crippen MR) is 66.0 cm³/mol. The zero-order chi connectivity index (χ0) is 13.8. The molecule has 3 N–H and O–H groups in total. The number of nitrogens with zero attached hydrogens (tertiary/aromatic N) is 5. The summed E-state index contributed by atoms with van der Waals surface area (Å²) in [5.41, 5.74) is 13.2. The maximum absolute atomic E-state index is 11.7. The molecule has 3 atom stereocenters. The minimum absolute atomic E-state index is 0.129. The molecular weight excluding hydrogens is 252 g/mol. The normalized spacial score (nSPS) is 26.1. The molecule has 1 fully saturated rings. The molecule has 19 heavy (non-hydrogen) atoms. The number of rotatable bonds is 4. The Kier molecular flexibility index (Phi) is 4.00. The van der Waals surface area contributed by atoms with Crippen molar-refractivity contribution in [2.24, 2.45) is 11.0 Å². The van der Waals surface area contributed by atoms with Gasteiger partial charge < -0.3 is 15.6 Å². The topological polar surface area (TPSA) is 139 Å². The van der Waals surface area contributed by atoms with Gasteiger partial charge in [0.2, 0.25) is 0 Å². The molecule has 1 aromatic rings. The van der Waals surface area contributed by atoms with Gasteiger partial charge in [0, 0.05) is 17.7 Å².